The van der Waals surface area contributed by atoms with E-state index in [0.717, 1.165) is 12.0 Å². The lowest BCUT2D eigenvalue weighted by atomic mass is 10.1. The highest BCUT2D eigenvalue weighted by molar-refractivity contribution is 5.81. The largest absolute Gasteiger partial charge is 0.356 e. The summed E-state index contributed by atoms with van der Waals surface area (Å²) in [5, 5.41) is 9.22. The molecule has 1 amide bonds. The van der Waals surface area contributed by atoms with Crippen LogP contribution in [0.3, 0.4) is 0 Å². The minimum atomic E-state index is -0.217. The standard InChI is InChI=1S/C18H29FN4O/c1-6-13(3)22-17(24)9-10-21-18(20-5)23-14(4)15-8-7-12(2)16(19)11-15/h7-8,11,13-14H,6,9-10H2,1-5H3,(H,22,24)(H2,20,21,23). The fraction of sp³-hybridized carbons (Fsp3) is 0.556. The fourth-order valence-electron chi connectivity index (χ4n) is 2.10. The molecule has 0 fully saturated rings. The van der Waals surface area contributed by atoms with Crippen molar-refractivity contribution in [2.75, 3.05) is 13.6 Å². The maximum absolute atomic E-state index is 13.7. The second-order valence-corrected chi connectivity index (χ2v) is 6.00. The van der Waals surface area contributed by atoms with Gasteiger partial charge in [0, 0.05) is 26.1 Å². The number of carbonyl (C=O) groups is 1. The number of rotatable bonds is 7. The van der Waals surface area contributed by atoms with Gasteiger partial charge in [-0.05, 0) is 44.4 Å². The van der Waals surface area contributed by atoms with E-state index in [2.05, 4.69) is 20.9 Å². The Morgan fingerprint density at radius 2 is 2.00 bits per heavy atom. The van der Waals surface area contributed by atoms with E-state index in [1.165, 1.54) is 6.07 Å². The summed E-state index contributed by atoms with van der Waals surface area (Å²) in [5.41, 5.74) is 1.47. The van der Waals surface area contributed by atoms with E-state index in [-0.39, 0.29) is 23.8 Å². The van der Waals surface area contributed by atoms with Crippen LogP contribution in [0.4, 0.5) is 4.39 Å². The van der Waals surface area contributed by atoms with E-state index in [4.69, 9.17) is 0 Å². The molecule has 0 aliphatic carbocycles. The average molecular weight is 336 g/mol. The molecular formula is C18H29FN4O. The zero-order chi connectivity index (χ0) is 18.1. The molecule has 0 aliphatic rings. The zero-order valence-corrected chi connectivity index (χ0v) is 15.2. The summed E-state index contributed by atoms with van der Waals surface area (Å²) < 4.78 is 13.7. The van der Waals surface area contributed by atoms with Gasteiger partial charge in [-0.2, -0.15) is 0 Å². The second kappa shape index (κ2) is 9.90. The lowest BCUT2D eigenvalue weighted by molar-refractivity contribution is -0.121. The smallest absolute Gasteiger partial charge is 0.221 e. The van der Waals surface area contributed by atoms with Gasteiger partial charge in [-0.25, -0.2) is 4.39 Å². The normalized spacial score (nSPS) is 14.0. The Bertz CT molecular complexity index is 574. The Balaban J connectivity index is 2.47. The number of halogens is 1. The highest BCUT2D eigenvalue weighted by atomic mass is 19.1. The number of nitrogens with one attached hydrogen (secondary N) is 3. The molecule has 0 heterocycles. The van der Waals surface area contributed by atoms with Crippen molar-refractivity contribution in [1.82, 2.24) is 16.0 Å². The third kappa shape index (κ3) is 6.56. The van der Waals surface area contributed by atoms with Gasteiger partial charge in [0.15, 0.2) is 5.96 Å². The summed E-state index contributed by atoms with van der Waals surface area (Å²) in [6, 6.07) is 5.27. The van der Waals surface area contributed by atoms with Crippen molar-refractivity contribution >= 4 is 11.9 Å². The van der Waals surface area contributed by atoms with Crippen molar-refractivity contribution in [2.45, 2.75) is 52.6 Å². The highest BCUT2D eigenvalue weighted by Gasteiger charge is 2.10. The molecule has 0 bridgehead atoms. The maximum Gasteiger partial charge on any atom is 0.221 e. The van der Waals surface area contributed by atoms with E-state index in [1.54, 1.807) is 20.0 Å². The molecule has 1 aromatic rings. The van der Waals surface area contributed by atoms with Gasteiger partial charge in [0.25, 0.3) is 0 Å². The SMILES string of the molecule is CCC(C)NC(=O)CCNC(=NC)NC(C)c1ccc(C)c(F)c1. The van der Waals surface area contributed by atoms with Gasteiger partial charge >= 0.3 is 0 Å². The molecule has 0 radical (unpaired) electrons. The first-order valence-corrected chi connectivity index (χ1v) is 8.40. The number of nitrogens with zero attached hydrogens (tertiary/aromatic N) is 1. The van der Waals surface area contributed by atoms with Crippen LogP contribution in [0.25, 0.3) is 0 Å². The van der Waals surface area contributed by atoms with Gasteiger partial charge < -0.3 is 16.0 Å². The summed E-state index contributed by atoms with van der Waals surface area (Å²) >= 11 is 0. The van der Waals surface area contributed by atoms with E-state index < -0.39 is 0 Å². The number of hydrogen-bond acceptors (Lipinski definition) is 2. The predicted octanol–water partition coefficient (Wildman–Crippen LogP) is 2.66. The fourth-order valence-corrected chi connectivity index (χ4v) is 2.10. The molecule has 1 aromatic carbocycles. The monoisotopic (exact) mass is 336 g/mol. The summed E-state index contributed by atoms with van der Waals surface area (Å²) in [4.78, 5) is 15.9. The van der Waals surface area contributed by atoms with Crippen molar-refractivity contribution in [3.63, 3.8) is 0 Å². The van der Waals surface area contributed by atoms with Crippen LogP contribution in [0.15, 0.2) is 23.2 Å². The minimum Gasteiger partial charge on any atom is -0.356 e. The van der Waals surface area contributed by atoms with Crippen LogP contribution in [0, 0.1) is 12.7 Å². The molecule has 0 aliphatic heterocycles. The van der Waals surface area contributed by atoms with Crippen LogP contribution in [0.5, 0.6) is 0 Å². The van der Waals surface area contributed by atoms with Crippen LogP contribution < -0.4 is 16.0 Å². The third-order valence-electron chi connectivity index (χ3n) is 3.94. The maximum atomic E-state index is 13.7. The second-order valence-electron chi connectivity index (χ2n) is 6.00. The Morgan fingerprint density at radius 1 is 1.29 bits per heavy atom. The van der Waals surface area contributed by atoms with Crippen molar-refractivity contribution in [1.29, 1.82) is 0 Å². The lowest BCUT2D eigenvalue weighted by Crippen LogP contribution is -2.41. The number of hydrogen-bond donors (Lipinski definition) is 3. The van der Waals surface area contributed by atoms with E-state index >= 15 is 0 Å². The van der Waals surface area contributed by atoms with Gasteiger partial charge in [0.2, 0.25) is 5.91 Å². The van der Waals surface area contributed by atoms with Crippen LogP contribution in [-0.2, 0) is 4.79 Å². The molecule has 5 nitrogen and oxygen atoms in total. The van der Waals surface area contributed by atoms with E-state index in [9.17, 15) is 9.18 Å². The van der Waals surface area contributed by atoms with E-state index in [1.807, 2.05) is 26.8 Å². The minimum absolute atomic E-state index is 0.0148. The van der Waals surface area contributed by atoms with Gasteiger partial charge in [0.1, 0.15) is 5.82 Å². The molecule has 0 aromatic heterocycles. The van der Waals surface area contributed by atoms with E-state index in [0.29, 0.717) is 24.5 Å². The van der Waals surface area contributed by atoms with Crippen LogP contribution in [0.2, 0.25) is 0 Å². The summed E-state index contributed by atoms with van der Waals surface area (Å²) in [7, 11) is 1.66. The lowest BCUT2D eigenvalue weighted by Gasteiger charge is -2.19. The molecule has 6 heteroatoms. The van der Waals surface area contributed by atoms with Crippen LogP contribution in [-0.4, -0.2) is 31.5 Å². The molecule has 0 saturated heterocycles. The Labute approximate surface area is 144 Å². The molecule has 2 atom stereocenters. The molecule has 134 valence electrons. The van der Waals surface area contributed by atoms with Crippen molar-refractivity contribution in [3.05, 3.63) is 35.1 Å². The van der Waals surface area contributed by atoms with Gasteiger partial charge in [-0.1, -0.05) is 19.1 Å². The third-order valence-corrected chi connectivity index (χ3v) is 3.94. The number of carbonyl (C=O) groups excluding carboxylic acids is 1. The molecule has 24 heavy (non-hydrogen) atoms. The number of aliphatic imine (C=N–C) groups is 1. The molecular weight excluding hydrogens is 307 g/mol. The van der Waals surface area contributed by atoms with Gasteiger partial charge in [-0.15, -0.1) is 0 Å². The first-order chi connectivity index (χ1) is 11.4. The molecule has 3 N–H and O–H groups in total. The average Bonchev–Trinajstić information content (AvgIpc) is 2.55. The molecule has 0 saturated carbocycles. The topological polar surface area (TPSA) is 65.5 Å². The predicted molar refractivity (Wildman–Crippen MR) is 96.6 cm³/mol. The number of guanidine groups is 1. The van der Waals surface area contributed by atoms with Gasteiger partial charge in [0.05, 0.1) is 6.04 Å². The number of amides is 1. The Hall–Kier alpha value is -2.11. The summed E-state index contributed by atoms with van der Waals surface area (Å²) in [6.07, 6.45) is 1.28. The molecule has 0 spiro atoms. The number of aryl methyl sites for hydroxylation is 1. The molecule has 1 rings (SSSR count). The number of benzene rings is 1. The Kier molecular flexibility index (Phi) is 8.22. The highest BCUT2D eigenvalue weighted by Crippen LogP contribution is 2.16. The van der Waals surface area contributed by atoms with Crippen LogP contribution >= 0.6 is 0 Å². The van der Waals surface area contributed by atoms with Crippen molar-refractivity contribution in [3.8, 4) is 0 Å². The first-order valence-electron chi connectivity index (χ1n) is 8.40. The van der Waals surface area contributed by atoms with Crippen molar-refractivity contribution in [2.24, 2.45) is 4.99 Å². The summed E-state index contributed by atoms with van der Waals surface area (Å²) in [5.74, 6) is 0.381. The quantitative estimate of drug-likeness (QED) is 0.530. The van der Waals surface area contributed by atoms with Gasteiger partial charge in [-0.3, -0.25) is 9.79 Å². The van der Waals surface area contributed by atoms with Crippen molar-refractivity contribution < 1.29 is 9.18 Å². The summed E-state index contributed by atoms with van der Waals surface area (Å²) in [6.45, 7) is 8.17. The first kappa shape index (κ1) is 19.9. The molecule has 2 unspecified atom stereocenters. The zero-order valence-electron chi connectivity index (χ0n) is 15.2. The van der Waals surface area contributed by atoms with Crippen LogP contribution in [0.1, 0.15) is 50.8 Å². The Morgan fingerprint density at radius 3 is 2.58 bits per heavy atom.